The summed E-state index contributed by atoms with van der Waals surface area (Å²) in [5.41, 5.74) is 3.41. The predicted molar refractivity (Wildman–Crippen MR) is 71.2 cm³/mol. The number of aryl methyl sites for hydroxylation is 1. The van der Waals surface area contributed by atoms with Gasteiger partial charge in [0, 0.05) is 35.2 Å². The molecule has 4 heteroatoms. The fraction of sp³-hybridized carbons (Fsp3) is 0.429. The predicted octanol–water partition coefficient (Wildman–Crippen LogP) is 2.15. The van der Waals surface area contributed by atoms with Gasteiger partial charge in [-0.2, -0.15) is 0 Å². The minimum atomic E-state index is 0.0710. The minimum absolute atomic E-state index is 0.0710. The molecule has 3 rings (SSSR count). The topological polar surface area (TPSA) is 46.3 Å². The van der Waals surface area contributed by atoms with Crippen molar-refractivity contribution in [1.82, 2.24) is 10.3 Å². The molecule has 1 aromatic heterocycles. The first kappa shape index (κ1) is 11.6. The second-order valence-electron chi connectivity index (χ2n) is 4.70. The number of aromatic nitrogens is 1. The SMILES string of the molecule is COc1cc2cc(C)[nH]c2cc1C1CNCCO1. The van der Waals surface area contributed by atoms with E-state index >= 15 is 0 Å². The lowest BCUT2D eigenvalue weighted by Gasteiger charge is -2.25. The summed E-state index contributed by atoms with van der Waals surface area (Å²) in [7, 11) is 1.71. The highest BCUT2D eigenvalue weighted by atomic mass is 16.5. The molecule has 18 heavy (non-hydrogen) atoms. The van der Waals surface area contributed by atoms with Gasteiger partial charge in [-0.25, -0.2) is 0 Å². The summed E-state index contributed by atoms with van der Waals surface area (Å²) in [6, 6.07) is 6.34. The van der Waals surface area contributed by atoms with Gasteiger partial charge >= 0.3 is 0 Å². The van der Waals surface area contributed by atoms with Crippen molar-refractivity contribution in [1.29, 1.82) is 0 Å². The molecular formula is C14H18N2O2. The first-order valence-electron chi connectivity index (χ1n) is 6.27. The number of methoxy groups -OCH3 is 1. The maximum Gasteiger partial charge on any atom is 0.125 e. The zero-order valence-electron chi connectivity index (χ0n) is 10.7. The number of rotatable bonds is 2. The van der Waals surface area contributed by atoms with Crippen LogP contribution in [0.5, 0.6) is 5.75 Å². The van der Waals surface area contributed by atoms with Crippen molar-refractivity contribution in [3.63, 3.8) is 0 Å². The van der Waals surface area contributed by atoms with Gasteiger partial charge in [-0.1, -0.05) is 0 Å². The average Bonchev–Trinajstić information content (AvgIpc) is 2.77. The third-order valence-electron chi connectivity index (χ3n) is 3.38. The molecule has 1 fully saturated rings. The quantitative estimate of drug-likeness (QED) is 0.853. The van der Waals surface area contributed by atoms with Crippen LogP contribution >= 0.6 is 0 Å². The number of hydrogen-bond acceptors (Lipinski definition) is 3. The van der Waals surface area contributed by atoms with Crippen LogP contribution in [-0.4, -0.2) is 31.8 Å². The summed E-state index contributed by atoms with van der Waals surface area (Å²) in [6.07, 6.45) is 0.0710. The molecule has 1 atom stereocenters. The van der Waals surface area contributed by atoms with E-state index < -0.39 is 0 Å². The van der Waals surface area contributed by atoms with E-state index in [4.69, 9.17) is 9.47 Å². The van der Waals surface area contributed by atoms with Crippen LogP contribution in [0.15, 0.2) is 18.2 Å². The molecule has 0 saturated carbocycles. The highest BCUT2D eigenvalue weighted by Gasteiger charge is 2.20. The normalized spacial score (nSPS) is 20.2. The number of fused-ring (bicyclic) bond motifs is 1. The van der Waals surface area contributed by atoms with E-state index in [1.54, 1.807) is 7.11 Å². The van der Waals surface area contributed by atoms with Crippen LogP contribution in [0.1, 0.15) is 17.4 Å². The molecule has 0 radical (unpaired) electrons. The second-order valence-corrected chi connectivity index (χ2v) is 4.70. The summed E-state index contributed by atoms with van der Waals surface area (Å²) < 4.78 is 11.3. The first-order chi connectivity index (χ1) is 8.78. The van der Waals surface area contributed by atoms with Gasteiger partial charge in [-0.15, -0.1) is 0 Å². The summed E-state index contributed by atoms with van der Waals surface area (Å²) in [4.78, 5) is 3.36. The number of benzene rings is 1. The van der Waals surface area contributed by atoms with E-state index in [0.717, 1.165) is 42.2 Å². The summed E-state index contributed by atoms with van der Waals surface area (Å²) in [5, 5.41) is 4.52. The lowest BCUT2D eigenvalue weighted by atomic mass is 10.0. The average molecular weight is 246 g/mol. The van der Waals surface area contributed by atoms with Gasteiger partial charge in [0.15, 0.2) is 0 Å². The molecule has 1 aliphatic rings. The van der Waals surface area contributed by atoms with E-state index in [-0.39, 0.29) is 6.10 Å². The molecule has 96 valence electrons. The Hall–Kier alpha value is -1.52. The molecule has 2 aromatic rings. The fourth-order valence-electron chi connectivity index (χ4n) is 2.52. The Kier molecular flexibility index (Phi) is 2.97. The third kappa shape index (κ3) is 1.98. The minimum Gasteiger partial charge on any atom is -0.496 e. The van der Waals surface area contributed by atoms with E-state index in [9.17, 15) is 0 Å². The van der Waals surface area contributed by atoms with Crippen molar-refractivity contribution in [2.45, 2.75) is 13.0 Å². The molecule has 2 heterocycles. The Morgan fingerprint density at radius 3 is 2.94 bits per heavy atom. The Bertz CT molecular complexity index is 556. The van der Waals surface area contributed by atoms with Crippen LogP contribution in [0.25, 0.3) is 10.9 Å². The Labute approximate surface area is 106 Å². The molecule has 1 aliphatic heterocycles. The molecule has 0 bridgehead atoms. The lowest BCUT2D eigenvalue weighted by molar-refractivity contribution is 0.0263. The maximum absolute atomic E-state index is 5.81. The van der Waals surface area contributed by atoms with Crippen molar-refractivity contribution in [3.05, 3.63) is 29.5 Å². The second kappa shape index (κ2) is 4.63. The number of hydrogen-bond donors (Lipinski definition) is 2. The lowest BCUT2D eigenvalue weighted by Crippen LogP contribution is -2.33. The van der Waals surface area contributed by atoms with Gasteiger partial charge in [-0.05, 0) is 25.1 Å². The number of nitrogens with one attached hydrogen (secondary N) is 2. The van der Waals surface area contributed by atoms with Gasteiger partial charge in [0.2, 0.25) is 0 Å². The molecule has 1 saturated heterocycles. The van der Waals surface area contributed by atoms with Crippen molar-refractivity contribution in [2.75, 3.05) is 26.8 Å². The summed E-state index contributed by atoms with van der Waals surface area (Å²) in [5.74, 6) is 0.898. The molecule has 1 unspecified atom stereocenters. The van der Waals surface area contributed by atoms with E-state index in [0.29, 0.717) is 0 Å². The van der Waals surface area contributed by atoms with Crippen molar-refractivity contribution in [2.24, 2.45) is 0 Å². The zero-order valence-corrected chi connectivity index (χ0v) is 10.7. The molecular weight excluding hydrogens is 228 g/mol. The van der Waals surface area contributed by atoms with Gasteiger partial charge in [0.05, 0.1) is 19.8 Å². The smallest absolute Gasteiger partial charge is 0.125 e. The van der Waals surface area contributed by atoms with Crippen LogP contribution in [0.2, 0.25) is 0 Å². The molecule has 4 nitrogen and oxygen atoms in total. The molecule has 1 aromatic carbocycles. The van der Waals surface area contributed by atoms with Crippen molar-refractivity contribution >= 4 is 10.9 Å². The van der Waals surface area contributed by atoms with E-state index in [1.807, 2.05) is 0 Å². The van der Waals surface area contributed by atoms with E-state index in [2.05, 4.69) is 35.4 Å². The van der Waals surface area contributed by atoms with E-state index in [1.165, 1.54) is 5.39 Å². The molecule has 2 N–H and O–H groups in total. The highest BCUT2D eigenvalue weighted by molar-refractivity contribution is 5.83. The molecule has 0 amide bonds. The van der Waals surface area contributed by atoms with Crippen LogP contribution in [0.4, 0.5) is 0 Å². The standard InChI is InChI=1S/C14H18N2O2/c1-9-5-10-6-13(17-2)11(7-12(10)16-9)14-8-15-3-4-18-14/h5-7,14-16H,3-4,8H2,1-2H3. The third-order valence-corrected chi connectivity index (χ3v) is 3.38. The highest BCUT2D eigenvalue weighted by Crippen LogP contribution is 2.32. The first-order valence-corrected chi connectivity index (χ1v) is 6.27. The Morgan fingerprint density at radius 2 is 2.22 bits per heavy atom. The summed E-state index contributed by atoms with van der Waals surface area (Å²) >= 11 is 0. The van der Waals surface area contributed by atoms with Gasteiger partial charge in [-0.3, -0.25) is 0 Å². The van der Waals surface area contributed by atoms with Gasteiger partial charge in [0.25, 0.3) is 0 Å². The van der Waals surface area contributed by atoms with Crippen molar-refractivity contribution < 1.29 is 9.47 Å². The van der Waals surface area contributed by atoms with Crippen LogP contribution in [0.3, 0.4) is 0 Å². The Morgan fingerprint density at radius 1 is 1.33 bits per heavy atom. The van der Waals surface area contributed by atoms with Crippen molar-refractivity contribution in [3.8, 4) is 5.75 Å². The fourth-order valence-corrected chi connectivity index (χ4v) is 2.52. The molecule has 0 aliphatic carbocycles. The number of ether oxygens (including phenoxy) is 2. The van der Waals surface area contributed by atoms with Gasteiger partial charge < -0.3 is 19.8 Å². The maximum atomic E-state index is 5.81. The van der Waals surface area contributed by atoms with Crippen LogP contribution < -0.4 is 10.1 Å². The van der Waals surface area contributed by atoms with Crippen LogP contribution in [-0.2, 0) is 4.74 Å². The monoisotopic (exact) mass is 246 g/mol. The molecule has 0 spiro atoms. The summed E-state index contributed by atoms with van der Waals surface area (Å²) in [6.45, 7) is 4.56. The number of morpholine rings is 1. The zero-order chi connectivity index (χ0) is 12.5. The number of aromatic amines is 1. The van der Waals surface area contributed by atoms with Gasteiger partial charge in [0.1, 0.15) is 5.75 Å². The number of H-pyrrole nitrogens is 1. The Balaban J connectivity index is 2.07. The largest absolute Gasteiger partial charge is 0.496 e. The van der Waals surface area contributed by atoms with Crippen LogP contribution in [0, 0.1) is 6.92 Å².